The van der Waals surface area contributed by atoms with E-state index in [1.807, 2.05) is 6.07 Å². The molecule has 0 aliphatic heterocycles. The molecule has 0 fully saturated rings. The summed E-state index contributed by atoms with van der Waals surface area (Å²) < 4.78 is 10.5. The summed E-state index contributed by atoms with van der Waals surface area (Å²) in [5.74, 6) is 1.62. The highest BCUT2D eigenvalue weighted by atomic mass is 16.5. The number of methoxy groups -OCH3 is 2. The van der Waals surface area contributed by atoms with Gasteiger partial charge < -0.3 is 9.47 Å². The summed E-state index contributed by atoms with van der Waals surface area (Å²) in [6.45, 7) is 2.12. The molecule has 0 amide bonds. The lowest BCUT2D eigenvalue weighted by atomic mass is 10.1. The molecule has 0 heterocycles. The number of allylic oxidation sites excluding steroid dienone is 2. The van der Waals surface area contributed by atoms with Gasteiger partial charge in [0.2, 0.25) is 0 Å². The standard InChI is InChI=1S/C12H14O2/c1-8-4-5-9-6-11(13-2)12(14-3)7-10(8)9/h4,6-7H,5H2,1-3H3. The second kappa shape index (κ2) is 3.37. The normalized spacial score (nSPS) is 13.5. The Balaban J connectivity index is 2.53. The van der Waals surface area contributed by atoms with Crippen molar-refractivity contribution in [2.75, 3.05) is 14.2 Å². The van der Waals surface area contributed by atoms with Crippen LogP contribution in [-0.2, 0) is 6.42 Å². The molecule has 1 aromatic rings. The van der Waals surface area contributed by atoms with Gasteiger partial charge in [0, 0.05) is 0 Å². The van der Waals surface area contributed by atoms with Gasteiger partial charge in [-0.3, -0.25) is 0 Å². The van der Waals surface area contributed by atoms with Gasteiger partial charge in [0.1, 0.15) is 0 Å². The maximum atomic E-state index is 5.26. The van der Waals surface area contributed by atoms with Gasteiger partial charge in [0.25, 0.3) is 0 Å². The monoisotopic (exact) mass is 190 g/mol. The Labute approximate surface area is 84.2 Å². The molecule has 0 spiro atoms. The first-order valence-electron chi connectivity index (χ1n) is 4.68. The SMILES string of the molecule is COc1cc2c(cc1OC)C(C)=CC2. The highest BCUT2D eigenvalue weighted by molar-refractivity contribution is 5.74. The molecule has 0 aromatic heterocycles. The Hall–Kier alpha value is -1.44. The Morgan fingerprint density at radius 1 is 1.07 bits per heavy atom. The van der Waals surface area contributed by atoms with Crippen molar-refractivity contribution < 1.29 is 9.47 Å². The van der Waals surface area contributed by atoms with E-state index >= 15 is 0 Å². The summed E-state index contributed by atoms with van der Waals surface area (Å²) in [6.07, 6.45) is 3.23. The van der Waals surface area contributed by atoms with Gasteiger partial charge in [0.05, 0.1) is 14.2 Å². The van der Waals surface area contributed by atoms with Crippen molar-refractivity contribution in [2.24, 2.45) is 0 Å². The van der Waals surface area contributed by atoms with Crippen LogP contribution >= 0.6 is 0 Å². The summed E-state index contributed by atoms with van der Waals surface area (Å²) in [6, 6.07) is 4.11. The molecule has 2 rings (SSSR count). The van der Waals surface area contributed by atoms with Crippen molar-refractivity contribution in [1.29, 1.82) is 0 Å². The summed E-state index contributed by atoms with van der Waals surface area (Å²) in [7, 11) is 3.33. The molecule has 0 atom stereocenters. The van der Waals surface area contributed by atoms with Crippen LogP contribution in [0.1, 0.15) is 18.1 Å². The molecule has 2 heteroatoms. The van der Waals surface area contributed by atoms with Gasteiger partial charge in [-0.2, -0.15) is 0 Å². The van der Waals surface area contributed by atoms with Gasteiger partial charge in [-0.25, -0.2) is 0 Å². The Kier molecular flexibility index (Phi) is 2.20. The molecular formula is C12H14O2. The maximum Gasteiger partial charge on any atom is 0.161 e. The van der Waals surface area contributed by atoms with Crippen LogP contribution in [0.15, 0.2) is 18.2 Å². The van der Waals surface area contributed by atoms with E-state index in [0.29, 0.717) is 0 Å². The third kappa shape index (κ3) is 1.27. The van der Waals surface area contributed by atoms with Crippen molar-refractivity contribution in [3.63, 3.8) is 0 Å². The van der Waals surface area contributed by atoms with E-state index in [1.165, 1.54) is 16.7 Å². The number of benzene rings is 1. The van der Waals surface area contributed by atoms with Crippen molar-refractivity contribution >= 4 is 5.57 Å². The highest BCUT2D eigenvalue weighted by Gasteiger charge is 2.15. The fourth-order valence-electron chi connectivity index (χ4n) is 1.83. The van der Waals surface area contributed by atoms with Gasteiger partial charge in [-0.05, 0) is 42.2 Å². The fourth-order valence-corrected chi connectivity index (χ4v) is 1.83. The minimum absolute atomic E-state index is 0.806. The molecule has 1 aliphatic carbocycles. The lowest BCUT2D eigenvalue weighted by molar-refractivity contribution is 0.354. The molecule has 0 saturated carbocycles. The van der Waals surface area contributed by atoms with Gasteiger partial charge >= 0.3 is 0 Å². The largest absolute Gasteiger partial charge is 0.493 e. The molecule has 0 saturated heterocycles. The zero-order valence-corrected chi connectivity index (χ0v) is 8.76. The second-order valence-corrected chi connectivity index (χ2v) is 3.46. The van der Waals surface area contributed by atoms with E-state index < -0.39 is 0 Å². The number of hydrogen-bond donors (Lipinski definition) is 0. The van der Waals surface area contributed by atoms with Crippen LogP contribution in [0, 0.1) is 0 Å². The molecule has 0 unspecified atom stereocenters. The summed E-state index contributed by atoms with van der Waals surface area (Å²) in [5, 5.41) is 0. The first-order valence-corrected chi connectivity index (χ1v) is 4.68. The van der Waals surface area contributed by atoms with E-state index in [2.05, 4.69) is 19.1 Å². The smallest absolute Gasteiger partial charge is 0.161 e. The van der Waals surface area contributed by atoms with Crippen LogP contribution in [0.2, 0.25) is 0 Å². The van der Waals surface area contributed by atoms with E-state index in [-0.39, 0.29) is 0 Å². The van der Waals surface area contributed by atoms with Crippen molar-refractivity contribution in [1.82, 2.24) is 0 Å². The predicted octanol–water partition coefficient (Wildman–Crippen LogP) is 2.66. The zero-order valence-electron chi connectivity index (χ0n) is 8.76. The fraction of sp³-hybridized carbons (Fsp3) is 0.333. The Morgan fingerprint density at radius 2 is 1.71 bits per heavy atom. The summed E-state index contributed by atoms with van der Waals surface area (Å²) >= 11 is 0. The van der Waals surface area contributed by atoms with Crippen LogP contribution in [0.5, 0.6) is 11.5 Å². The van der Waals surface area contributed by atoms with Crippen LogP contribution in [0.3, 0.4) is 0 Å². The third-order valence-corrected chi connectivity index (χ3v) is 2.66. The average Bonchev–Trinajstić information content (AvgIpc) is 2.58. The Morgan fingerprint density at radius 3 is 2.36 bits per heavy atom. The maximum absolute atomic E-state index is 5.26. The topological polar surface area (TPSA) is 18.5 Å². The highest BCUT2D eigenvalue weighted by Crippen LogP contribution is 2.36. The van der Waals surface area contributed by atoms with Crippen molar-refractivity contribution in [3.05, 3.63) is 29.3 Å². The molecule has 0 N–H and O–H groups in total. The van der Waals surface area contributed by atoms with Crippen LogP contribution in [-0.4, -0.2) is 14.2 Å². The minimum Gasteiger partial charge on any atom is -0.493 e. The lowest BCUT2D eigenvalue weighted by Gasteiger charge is -2.10. The molecule has 1 aromatic carbocycles. The third-order valence-electron chi connectivity index (χ3n) is 2.66. The Bertz CT molecular complexity index is 391. The number of fused-ring (bicyclic) bond motifs is 1. The van der Waals surface area contributed by atoms with Gasteiger partial charge in [-0.15, -0.1) is 0 Å². The van der Waals surface area contributed by atoms with Gasteiger partial charge in [0.15, 0.2) is 11.5 Å². The number of hydrogen-bond acceptors (Lipinski definition) is 2. The van der Waals surface area contributed by atoms with E-state index in [9.17, 15) is 0 Å². The minimum atomic E-state index is 0.806. The van der Waals surface area contributed by atoms with Crippen molar-refractivity contribution in [3.8, 4) is 11.5 Å². The van der Waals surface area contributed by atoms with Crippen molar-refractivity contribution in [2.45, 2.75) is 13.3 Å². The summed E-state index contributed by atoms with van der Waals surface area (Å²) in [4.78, 5) is 0. The average molecular weight is 190 g/mol. The van der Waals surface area contributed by atoms with Crippen LogP contribution in [0.25, 0.3) is 5.57 Å². The first-order chi connectivity index (χ1) is 6.76. The molecule has 1 aliphatic rings. The lowest BCUT2D eigenvalue weighted by Crippen LogP contribution is -1.93. The molecule has 14 heavy (non-hydrogen) atoms. The number of rotatable bonds is 2. The van der Waals surface area contributed by atoms with Gasteiger partial charge in [-0.1, -0.05) is 6.08 Å². The van der Waals surface area contributed by atoms with Crippen LogP contribution < -0.4 is 9.47 Å². The molecule has 0 radical (unpaired) electrons. The predicted molar refractivity (Wildman–Crippen MR) is 56.9 cm³/mol. The van der Waals surface area contributed by atoms with E-state index in [0.717, 1.165) is 17.9 Å². The molecule has 74 valence electrons. The number of ether oxygens (including phenoxy) is 2. The zero-order chi connectivity index (χ0) is 10.1. The van der Waals surface area contributed by atoms with E-state index in [1.54, 1.807) is 14.2 Å². The van der Waals surface area contributed by atoms with E-state index in [4.69, 9.17) is 9.47 Å². The molecule has 0 bridgehead atoms. The first kappa shape index (κ1) is 9.13. The molecule has 2 nitrogen and oxygen atoms in total. The summed E-state index contributed by atoms with van der Waals surface area (Å²) in [5.41, 5.74) is 3.92. The quantitative estimate of drug-likeness (QED) is 0.713. The van der Waals surface area contributed by atoms with Crippen LogP contribution in [0.4, 0.5) is 0 Å². The second-order valence-electron chi connectivity index (χ2n) is 3.46. The molecular weight excluding hydrogens is 176 g/mol.